The summed E-state index contributed by atoms with van der Waals surface area (Å²) in [6.45, 7) is 6.15. The summed E-state index contributed by atoms with van der Waals surface area (Å²) >= 11 is 0. The van der Waals surface area contributed by atoms with Gasteiger partial charge in [0.05, 0.1) is 31.7 Å². The van der Waals surface area contributed by atoms with Gasteiger partial charge in [0, 0.05) is 21.8 Å². The summed E-state index contributed by atoms with van der Waals surface area (Å²) < 4.78 is 16.3. The molecule has 0 saturated carbocycles. The molecule has 0 unspecified atom stereocenters. The number of H-pyrrole nitrogens is 2. The van der Waals surface area contributed by atoms with Gasteiger partial charge < -0.3 is 24.2 Å². The van der Waals surface area contributed by atoms with Crippen molar-refractivity contribution in [3.63, 3.8) is 0 Å². The van der Waals surface area contributed by atoms with Gasteiger partial charge in [0.2, 0.25) is 0 Å². The number of hydrogen-bond acceptors (Lipinski definition) is 4. The Morgan fingerprint density at radius 1 is 0.926 bits per heavy atom. The summed E-state index contributed by atoms with van der Waals surface area (Å²) in [5.41, 5.74) is 5.20. The molecule has 0 aliphatic carbocycles. The highest BCUT2D eigenvalue weighted by atomic mass is 16.5. The molecule has 2 N–H and O–H groups in total. The quantitative estimate of drug-likeness (QED) is 0.517. The van der Waals surface area contributed by atoms with E-state index in [1.165, 1.54) is 0 Å². The third kappa shape index (κ3) is 2.36. The predicted octanol–water partition coefficient (Wildman–Crippen LogP) is 4.61. The summed E-state index contributed by atoms with van der Waals surface area (Å²) in [7, 11) is 3.31. The first-order chi connectivity index (χ1) is 13.0. The smallest absolute Gasteiger partial charge is 0.355 e. The fraction of sp³-hybridized carbons (Fsp3) is 0.286. The molecule has 0 spiro atoms. The van der Waals surface area contributed by atoms with Crippen molar-refractivity contribution >= 4 is 38.7 Å². The number of fused-ring (bicyclic) bond motifs is 4. The molecule has 2 aromatic heterocycles. The Morgan fingerprint density at radius 2 is 1.59 bits per heavy atom. The second-order valence-electron chi connectivity index (χ2n) is 6.54. The SMILES string of the molecule is CCOC(=O)c1[nH]c2cc3[nH]c4c(OC)ccc(OC)c4c3c(C)c2c1C. The predicted molar refractivity (Wildman–Crippen MR) is 106 cm³/mol. The van der Waals surface area contributed by atoms with Crippen LogP contribution in [-0.2, 0) is 4.74 Å². The number of benzene rings is 2. The fourth-order valence-corrected chi connectivity index (χ4v) is 3.99. The number of aryl methyl sites for hydroxylation is 2. The molecule has 4 rings (SSSR count). The Bertz CT molecular complexity index is 1200. The first kappa shape index (κ1) is 17.3. The summed E-state index contributed by atoms with van der Waals surface area (Å²) in [4.78, 5) is 18.9. The highest BCUT2D eigenvalue weighted by Crippen LogP contribution is 2.42. The Kier molecular flexibility index (Phi) is 3.98. The average Bonchev–Trinajstić information content (AvgIpc) is 3.20. The van der Waals surface area contributed by atoms with Crippen LogP contribution in [-0.4, -0.2) is 36.8 Å². The maximum Gasteiger partial charge on any atom is 0.355 e. The van der Waals surface area contributed by atoms with Gasteiger partial charge in [-0.3, -0.25) is 0 Å². The van der Waals surface area contributed by atoms with Crippen molar-refractivity contribution in [2.45, 2.75) is 20.8 Å². The van der Waals surface area contributed by atoms with E-state index in [4.69, 9.17) is 14.2 Å². The van der Waals surface area contributed by atoms with E-state index in [9.17, 15) is 4.79 Å². The number of hydrogen-bond donors (Lipinski definition) is 2. The van der Waals surface area contributed by atoms with Crippen molar-refractivity contribution in [1.29, 1.82) is 0 Å². The second-order valence-corrected chi connectivity index (χ2v) is 6.54. The van der Waals surface area contributed by atoms with Gasteiger partial charge in [-0.05, 0) is 50.1 Å². The van der Waals surface area contributed by atoms with E-state index in [0.29, 0.717) is 12.3 Å². The van der Waals surface area contributed by atoms with E-state index in [-0.39, 0.29) is 5.97 Å². The number of esters is 1. The summed E-state index contributed by atoms with van der Waals surface area (Å²) in [5.74, 6) is 1.20. The average molecular weight is 366 g/mol. The van der Waals surface area contributed by atoms with Crippen LogP contribution in [0.2, 0.25) is 0 Å². The molecular weight excluding hydrogens is 344 g/mol. The van der Waals surface area contributed by atoms with Crippen LogP contribution in [0.15, 0.2) is 18.2 Å². The topological polar surface area (TPSA) is 76.3 Å². The van der Waals surface area contributed by atoms with Gasteiger partial charge in [0.25, 0.3) is 0 Å². The van der Waals surface area contributed by atoms with Crippen LogP contribution in [0.3, 0.4) is 0 Å². The number of ether oxygens (including phenoxy) is 3. The molecule has 140 valence electrons. The first-order valence-electron chi connectivity index (χ1n) is 8.87. The van der Waals surface area contributed by atoms with Gasteiger partial charge in [-0.2, -0.15) is 0 Å². The molecule has 6 nitrogen and oxygen atoms in total. The molecule has 6 heteroatoms. The zero-order valence-electron chi connectivity index (χ0n) is 16.1. The second kappa shape index (κ2) is 6.23. The minimum atomic E-state index is -0.335. The van der Waals surface area contributed by atoms with Gasteiger partial charge in [0.1, 0.15) is 17.2 Å². The largest absolute Gasteiger partial charge is 0.496 e. The molecule has 0 bridgehead atoms. The number of carbonyl (C=O) groups excluding carboxylic acids is 1. The van der Waals surface area contributed by atoms with E-state index in [1.54, 1.807) is 21.1 Å². The lowest BCUT2D eigenvalue weighted by molar-refractivity contribution is 0.0520. The Hall–Kier alpha value is -3.15. The molecule has 2 aromatic carbocycles. The van der Waals surface area contributed by atoms with Crippen molar-refractivity contribution in [3.8, 4) is 11.5 Å². The maximum absolute atomic E-state index is 12.3. The van der Waals surface area contributed by atoms with Crippen molar-refractivity contribution in [2.75, 3.05) is 20.8 Å². The number of carbonyl (C=O) groups is 1. The number of aromatic nitrogens is 2. The molecule has 2 heterocycles. The third-order valence-corrected chi connectivity index (χ3v) is 5.14. The molecule has 0 saturated heterocycles. The third-order valence-electron chi connectivity index (χ3n) is 5.14. The number of methoxy groups -OCH3 is 2. The van der Waals surface area contributed by atoms with Crippen molar-refractivity contribution < 1.29 is 19.0 Å². The molecule has 4 aromatic rings. The van der Waals surface area contributed by atoms with E-state index >= 15 is 0 Å². The maximum atomic E-state index is 12.3. The molecule has 0 atom stereocenters. The van der Waals surface area contributed by atoms with Gasteiger partial charge in [-0.25, -0.2) is 4.79 Å². The number of rotatable bonds is 4. The summed E-state index contributed by atoms with van der Waals surface area (Å²) in [5, 5.41) is 3.06. The standard InChI is InChI=1S/C21H22N2O4/c1-6-27-21(24)19-11(3)16-10(2)17-13(9-12(16)22-19)23-20-15(26-5)8-7-14(25-4)18(17)20/h7-9,22-23H,6H2,1-5H3. The van der Waals surface area contributed by atoms with Crippen molar-refractivity contribution in [2.24, 2.45) is 0 Å². The molecule has 0 aliphatic rings. The van der Waals surface area contributed by atoms with Crippen molar-refractivity contribution in [1.82, 2.24) is 9.97 Å². The lowest BCUT2D eigenvalue weighted by Crippen LogP contribution is -2.06. The van der Waals surface area contributed by atoms with Gasteiger partial charge in [0.15, 0.2) is 0 Å². The Balaban J connectivity index is 2.12. The van der Waals surface area contributed by atoms with Crippen LogP contribution in [0.4, 0.5) is 0 Å². The van der Waals surface area contributed by atoms with Crippen molar-refractivity contribution in [3.05, 3.63) is 35.0 Å². The Morgan fingerprint density at radius 3 is 2.26 bits per heavy atom. The summed E-state index contributed by atoms with van der Waals surface area (Å²) in [6.07, 6.45) is 0. The van der Waals surface area contributed by atoms with E-state index in [1.807, 2.05) is 25.1 Å². The fourth-order valence-electron chi connectivity index (χ4n) is 3.99. The molecule has 0 radical (unpaired) electrons. The lowest BCUT2D eigenvalue weighted by atomic mass is 10.00. The normalized spacial score (nSPS) is 11.4. The van der Waals surface area contributed by atoms with E-state index in [0.717, 1.165) is 55.3 Å². The van der Waals surface area contributed by atoms with Gasteiger partial charge in [-0.1, -0.05) is 0 Å². The van der Waals surface area contributed by atoms with Crippen LogP contribution in [0.5, 0.6) is 11.5 Å². The van der Waals surface area contributed by atoms with Crippen LogP contribution in [0, 0.1) is 13.8 Å². The van der Waals surface area contributed by atoms with Crippen LogP contribution < -0.4 is 9.47 Å². The zero-order chi connectivity index (χ0) is 19.3. The van der Waals surface area contributed by atoms with E-state index in [2.05, 4.69) is 16.9 Å². The molecule has 0 aliphatic heterocycles. The zero-order valence-corrected chi connectivity index (χ0v) is 16.1. The molecule has 0 amide bonds. The minimum Gasteiger partial charge on any atom is -0.496 e. The Labute approximate surface area is 156 Å². The highest BCUT2D eigenvalue weighted by Gasteiger charge is 2.22. The van der Waals surface area contributed by atoms with Gasteiger partial charge in [-0.15, -0.1) is 0 Å². The van der Waals surface area contributed by atoms with E-state index < -0.39 is 0 Å². The number of nitrogens with one attached hydrogen (secondary N) is 2. The minimum absolute atomic E-state index is 0.335. The molecular formula is C21H22N2O4. The monoisotopic (exact) mass is 366 g/mol. The van der Waals surface area contributed by atoms with Crippen LogP contribution in [0.1, 0.15) is 28.5 Å². The number of aromatic amines is 2. The molecule has 0 fully saturated rings. The van der Waals surface area contributed by atoms with Crippen LogP contribution in [0.25, 0.3) is 32.7 Å². The summed E-state index contributed by atoms with van der Waals surface area (Å²) in [6, 6.07) is 5.82. The van der Waals surface area contributed by atoms with Gasteiger partial charge >= 0.3 is 5.97 Å². The highest BCUT2D eigenvalue weighted by molar-refractivity contribution is 6.18. The molecule has 27 heavy (non-hydrogen) atoms. The lowest BCUT2D eigenvalue weighted by Gasteiger charge is -2.07. The van der Waals surface area contributed by atoms with Crippen LogP contribution >= 0.6 is 0 Å². The first-order valence-corrected chi connectivity index (χ1v) is 8.87.